The number of oxazole rings is 1. The zero-order chi connectivity index (χ0) is 14.8. The Kier molecular flexibility index (Phi) is 3.98. The fraction of sp³-hybridized carbons (Fsp3) is 0.400. The minimum absolute atomic E-state index is 0.0774. The normalized spacial score (nSPS) is 22.8. The summed E-state index contributed by atoms with van der Waals surface area (Å²) in [5, 5.41) is 9.25. The summed E-state index contributed by atoms with van der Waals surface area (Å²) in [6.07, 6.45) is 0.982. The summed E-state index contributed by atoms with van der Waals surface area (Å²) >= 11 is 0. The first-order valence-electron chi connectivity index (χ1n) is 6.85. The Morgan fingerprint density at radius 3 is 2.81 bits per heavy atom. The second kappa shape index (κ2) is 5.91. The Labute approximate surface area is 121 Å². The molecule has 1 aromatic heterocycles. The Morgan fingerprint density at radius 2 is 2.10 bits per heavy atom. The maximum absolute atomic E-state index is 13.4. The van der Waals surface area contributed by atoms with Crippen LogP contribution >= 0.6 is 0 Å². The van der Waals surface area contributed by atoms with Crippen LogP contribution in [0.3, 0.4) is 0 Å². The molecule has 4 nitrogen and oxygen atoms in total. The Balaban J connectivity index is 1.72. The van der Waals surface area contributed by atoms with Crippen LogP contribution in [-0.4, -0.2) is 40.4 Å². The van der Waals surface area contributed by atoms with E-state index in [2.05, 4.69) is 4.98 Å². The van der Waals surface area contributed by atoms with Crippen molar-refractivity contribution in [2.45, 2.75) is 25.2 Å². The zero-order valence-corrected chi connectivity index (χ0v) is 11.4. The molecular formula is C15H16F2N2O2. The lowest BCUT2D eigenvalue weighted by molar-refractivity contribution is 0.144. The van der Waals surface area contributed by atoms with Crippen molar-refractivity contribution in [2.24, 2.45) is 0 Å². The third-order valence-corrected chi connectivity index (χ3v) is 3.71. The molecule has 1 fully saturated rings. The second-order valence-electron chi connectivity index (χ2n) is 5.22. The molecule has 0 bridgehead atoms. The molecule has 21 heavy (non-hydrogen) atoms. The van der Waals surface area contributed by atoms with E-state index in [0.29, 0.717) is 24.6 Å². The van der Waals surface area contributed by atoms with Crippen molar-refractivity contribution in [1.29, 1.82) is 0 Å². The molecule has 1 aliphatic heterocycles. The Bertz CT molecular complexity index is 600. The molecule has 0 radical (unpaired) electrons. The predicted octanol–water partition coefficient (Wildman–Crippen LogP) is 2.39. The van der Waals surface area contributed by atoms with E-state index < -0.39 is 6.17 Å². The van der Waals surface area contributed by atoms with Crippen LogP contribution < -0.4 is 0 Å². The van der Waals surface area contributed by atoms with Gasteiger partial charge in [-0.05, 0) is 30.7 Å². The molecule has 2 heterocycles. The fourth-order valence-corrected chi connectivity index (χ4v) is 2.61. The smallest absolute Gasteiger partial charge is 0.209 e. The van der Waals surface area contributed by atoms with E-state index in [4.69, 9.17) is 4.42 Å². The molecule has 1 aliphatic rings. The molecule has 1 aromatic carbocycles. The summed E-state index contributed by atoms with van der Waals surface area (Å²) in [5.41, 5.74) is 0.735. The van der Waals surface area contributed by atoms with Gasteiger partial charge in [0.15, 0.2) is 5.76 Å². The topological polar surface area (TPSA) is 49.5 Å². The lowest BCUT2D eigenvalue weighted by Gasteiger charge is -2.19. The summed E-state index contributed by atoms with van der Waals surface area (Å²) in [6.45, 7) is 0.554. The lowest BCUT2D eigenvalue weighted by Crippen LogP contribution is -2.31. The van der Waals surface area contributed by atoms with E-state index in [0.717, 1.165) is 5.56 Å². The van der Waals surface area contributed by atoms with Crippen molar-refractivity contribution in [2.75, 3.05) is 13.2 Å². The molecule has 6 heteroatoms. The molecule has 0 saturated carbocycles. The van der Waals surface area contributed by atoms with Gasteiger partial charge >= 0.3 is 0 Å². The van der Waals surface area contributed by atoms with Crippen molar-refractivity contribution in [3.8, 4) is 11.3 Å². The number of aromatic nitrogens is 1. The van der Waals surface area contributed by atoms with Crippen LogP contribution in [0, 0.1) is 5.82 Å². The SMILES string of the molecule is OC[C@@H]1C[C@H](F)CN1Cc1ncc(-c2ccc(F)cc2)o1. The van der Waals surface area contributed by atoms with E-state index in [9.17, 15) is 13.9 Å². The molecule has 2 atom stereocenters. The van der Waals surface area contributed by atoms with Gasteiger partial charge in [-0.2, -0.15) is 0 Å². The van der Waals surface area contributed by atoms with E-state index in [-0.39, 0.29) is 25.0 Å². The van der Waals surface area contributed by atoms with Gasteiger partial charge in [-0.25, -0.2) is 13.8 Å². The van der Waals surface area contributed by atoms with Gasteiger partial charge in [0, 0.05) is 18.2 Å². The van der Waals surface area contributed by atoms with Crippen LogP contribution in [0.4, 0.5) is 8.78 Å². The average Bonchev–Trinajstić information content (AvgIpc) is 3.07. The molecule has 0 spiro atoms. The van der Waals surface area contributed by atoms with Gasteiger partial charge in [0.2, 0.25) is 5.89 Å². The van der Waals surface area contributed by atoms with Crippen molar-refractivity contribution in [1.82, 2.24) is 9.88 Å². The summed E-state index contributed by atoms with van der Waals surface area (Å²) in [6, 6.07) is 5.75. The number of aliphatic hydroxyl groups is 1. The summed E-state index contributed by atoms with van der Waals surface area (Å²) in [5.74, 6) is 0.693. The van der Waals surface area contributed by atoms with Crippen molar-refractivity contribution in [3.05, 3.63) is 42.2 Å². The summed E-state index contributed by atoms with van der Waals surface area (Å²) < 4.78 is 31.9. The first-order valence-corrected chi connectivity index (χ1v) is 6.85. The molecule has 112 valence electrons. The van der Waals surface area contributed by atoms with Gasteiger partial charge in [0.1, 0.15) is 12.0 Å². The first kappa shape index (κ1) is 14.2. The quantitative estimate of drug-likeness (QED) is 0.940. The monoisotopic (exact) mass is 294 g/mol. The number of hydrogen-bond donors (Lipinski definition) is 1. The number of likely N-dealkylation sites (tertiary alicyclic amines) is 1. The molecule has 3 rings (SSSR count). The maximum Gasteiger partial charge on any atom is 0.209 e. The fourth-order valence-electron chi connectivity index (χ4n) is 2.61. The second-order valence-corrected chi connectivity index (χ2v) is 5.22. The number of alkyl halides is 1. The van der Waals surface area contributed by atoms with Gasteiger partial charge < -0.3 is 9.52 Å². The third kappa shape index (κ3) is 3.11. The summed E-state index contributed by atoms with van der Waals surface area (Å²) in [4.78, 5) is 5.99. The van der Waals surface area contributed by atoms with E-state index in [1.54, 1.807) is 18.3 Å². The zero-order valence-electron chi connectivity index (χ0n) is 11.4. The molecular weight excluding hydrogens is 278 g/mol. The Morgan fingerprint density at radius 1 is 1.33 bits per heavy atom. The van der Waals surface area contributed by atoms with Crippen LogP contribution in [0.5, 0.6) is 0 Å². The van der Waals surface area contributed by atoms with Gasteiger partial charge in [0.05, 0.1) is 19.3 Å². The highest BCUT2D eigenvalue weighted by Gasteiger charge is 2.32. The Hall–Kier alpha value is -1.79. The molecule has 1 saturated heterocycles. The molecule has 2 aromatic rings. The van der Waals surface area contributed by atoms with Crippen molar-refractivity contribution < 1.29 is 18.3 Å². The van der Waals surface area contributed by atoms with E-state index in [1.807, 2.05) is 4.90 Å². The third-order valence-electron chi connectivity index (χ3n) is 3.71. The molecule has 1 N–H and O–H groups in total. The summed E-state index contributed by atoms with van der Waals surface area (Å²) in [7, 11) is 0. The first-order chi connectivity index (χ1) is 10.2. The number of hydrogen-bond acceptors (Lipinski definition) is 4. The van der Waals surface area contributed by atoms with Crippen molar-refractivity contribution >= 4 is 0 Å². The molecule has 0 amide bonds. The standard InChI is InChI=1S/C15H16F2N2O2/c16-11-3-1-10(2-4-11)14-6-18-15(21-14)8-19-7-12(17)5-13(19)9-20/h1-4,6,12-13,20H,5,7-9H2/t12-,13-/m0/s1. The van der Waals surface area contributed by atoms with Gasteiger partial charge in [-0.1, -0.05) is 0 Å². The minimum Gasteiger partial charge on any atom is -0.439 e. The number of rotatable bonds is 4. The van der Waals surface area contributed by atoms with Gasteiger partial charge in [0.25, 0.3) is 0 Å². The van der Waals surface area contributed by atoms with E-state index in [1.165, 1.54) is 12.1 Å². The van der Waals surface area contributed by atoms with Crippen LogP contribution in [-0.2, 0) is 6.54 Å². The van der Waals surface area contributed by atoms with Crippen LogP contribution in [0.1, 0.15) is 12.3 Å². The number of benzene rings is 1. The van der Waals surface area contributed by atoms with Gasteiger partial charge in [-0.3, -0.25) is 4.90 Å². The molecule has 0 unspecified atom stereocenters. The highest BCUT2D eigenvalue weighted by molar-refractivity contribution is 5.55. The van der Waals surface area contributed by atoms with Crippen molar-refractivity contribution in [3.63, 3.8) is 0 Å². The predicted molar refractivity (Wildman–Crippen MR) is 72.7 cm³/mol. The average molecular weight is 294 g/mol. The number of nitrogens with zero attached hydrogens (tertiary/aromatic N) is 2. The largest absolute Gasteiger partial charge is 0.439 e. The molecule has 0 aliphatic carbocycles. The highest BCUT2D eigenvalue weighted by Crippen LogP contribution is 2.25. The minimum atomic E-state index is -0.923. The van der Waals surface area contributed by atoms with Crippen LogP contribution in [0.15, 0.2) is 34.9 Å². The number of aliphatic hydroxyl groups excluding tert-OH is 1. The van der Waals surface area contributed by atoms with Gasteiger partial charge in [-0.15, -0.1) is 0 Å². The number of halogens is 2. The van der Waals surface area contributed by atoms with Crippen LogP contribution in [0.25, 0.3) is 11.3 Å². The highest BCUT2D eigenvalue weighted by atomic mass is 19.1. The van der Waals surface area contributed by atoms with E-state index >= 15 is 0 Å². The maximum atomic E-state index is 13.4. The van der Waals surface area contributed by atoms with Crippen LogP contribution in [0.2, 0.25) is 0 Å². The lowest BCUT2D eigenvalue weighted by atomic mass is 10.2.